The number of methoxy groups -OCH3 is 1. The Balaban J connectivity index is 2.26. The molecule has 2 rings (SSSR count). The zero-order valence-electron chi connectivity index (χ0n) is 12.4. The molecule has 10 nitrogen and oxygen atoms in total. The number of nitrogens with zero attached hydrogens (tertiary/aromatic N) is 4. The van der Waals surface area contributed by atoms with Crippen LogP contribution in [0.1, 0.15) is 6.92 Å². The molecule has 0 bridgehead atoms. The van der Waals surface area contributed by atoms with Gasteiger partial charge in [-0.3, -0.25) is 14.8 Å². The van der Waals surface area contributed by atoms with Crippen LogP contribution in [0.4, 0.5) is 5.69 Å². The molecule has 1 aromatic carbocycles. The number of ether oxygens (including phenoxy) is 1. The van der Waals surface area contributed by atoms with Crippen LogP contribution < -0.4 is 9.46 Å². The second-order valence-electron chi connectivity index (χ2n) is 4.73. The summed E-state index contributed by atoms with van der Waals surface area (Å²) >= 11 is 0. The lowest BCUT2D eigenvalue weighted by molar-refractivity contribution is -0.387. The van der Waals surface area contributed by atoms with Gasteiger partial charge < -0.3 is 4.74 Å². The molecule has 0 radical (unpaired) electrons. The average Bonchev–Trinajstić information content (AvgIpc) is 2.98. The van der Waals surface area contributed by atoms with Gasteiger partial charge in [-0.05, 0) is 19.1 Å². The zero-order valence-corrected chi connectivity index (χ0v) is 13.2. The predicted molar refractivity (Wildman–Crippen MR) is 79.5 cm³/mol. The molecule has 1 N–H and O–H groups in total. The number of nitrogens with one attached hydrogen (secondary N) is 1. The molecule has 23 heavy (non-hydrogen) atoms. The van der Waals surface area contributed by atoms with Gasteiger partial charge in [0.15, 0.2) is 4.90 Å². The van der Waals surface area contributed by atoms with Gasteiger partial charge in [0.25, 0.3) is 5.69 Å². The van der Waals surface area contributed by atoms with Crippen LogP contribution in [0.3, 0.4) is 0 Å². The highest BCUT2D eigenvalue weighted by Crippen LogP contribution is 2.28. The van der Waals surface area contributed by atoms with E-state index in [2.05, 4.69) is 14.8 Å². The summed E-state index contributed by atoms with van der Waals surface area (Å²) in [5, 5.41) is 15.0. The van der Waals surface area contributed by atoms with Crippen molar-refractivity contribution in [3.8, 4) is 5.75 Å². The summed E-state index contributed by atoms with van der Waals surface area (Å²) in [6.07, 6.45) is 2.77. The van der Waals surface area contributed by atoms with E-state index in [-0.39, 0.29) is 12.3 Å². The molecule has 2 aromatic rings. The Labute approximate surface area is 132 Å². The van der Waals surface area contributed by atoms with Gasteiger partial charge in [-0.15, -0.1) is 0 Å². The molecule has 11 heteroatoms. The Bertz CT molecular complexity index is 790. The van der Waals surface area contributed by atoms with Crippen molar-refractivity contribution in [1.82, 2.24) is 19.5 Å². The highest BCUT2D eigenvalue weighted by Gasteiger charge is 2.27. The summed E-state index contributed by atoms with van der Waals surface area (Å²) in [6, 6.07) is 3.02. The smallest absolute Gasteiger partial charge is 0.293 e. The van der Waals surface area contributed by atoms with Gasteiger partial charge in [-0.2, -0.15) is 5.10 Å². The molecule has 0 saturated carbocycles. The van der Waals surface area contributed by atoms with E-state index >= 15 is 0 Å². The Kier molecular flexibility index (Phi) is 4.91. The lowest BCUT2D eigenvalue weighted by Gasteiger charge is -2.14. The van der Waals surface area contributed by atoms with Crippen LogP contribution in [-0.4, -0.2) is 41.3 Å². The highest BCUT2D eigenvalue weighted by atomic mass is 32.2. The van der Waals surface area contributed by atoms with Gasteiger partial charge in [-0.25, -0.2) is 18.1 Å². The molecule has 1 aromatic heterocycles. The third-order valence-electron chi connectivity index (χ3n) is 2.94. The van der Waals surface area contributed by atoms with Crippen molar-refractivity contribution in [3.05, 3.63) is 41.0 Å². The second kappa shape index (κ2) is 6.71. The number of sulfonamides is 1. The average molecular weight is 341 g/mol. The fourth-order valence-corrected chi connectivity index (χ4v) is 3.35. The first-order valence-electron chi connectivity index (χ1n) is 6.50. The van der Waals surface area contributed by atoms with Crippen molar-refractivity contribution in [2.24, 2.45) is 0 Å². The third kappa shape index (κ3) is 4.02. The molecule has 0 fully saturated rings. The van der Waals surface area contributed by atoms with Crippen LogP contribution in [0.25, 0.3) is 0 Å². The molecule has 1 unspecified atom stereocenters. The van der Waals surface area contributed by atoms with E-state index in [9.17, 15) is 18.5 Å². The van der Waals surface area contributed by atoms with Crippen LogP contribution in [0.15, 0.2) is 35.7 Å². The van der Waals surface area contributed by atoms with Gasteiger partial charge in [0.1, 0.15) is 18.4 Å². The van der Waals surface area contributed by atoms with Gasteiger partial charge in [0, 0.05) is 6.04 Å². The van der Waals surface area contributed by atoms with E-state index in [0.29, 0.717) is 0 Å². The number of benzene rings is 1. The minimum atomic E-state index is -4.07. The summed E-state index contributed by atoms with van der Waals surface area (Å²) < 4.78 is 33.5. The summed E-state index contributed by atoms with van der Waals surface area (Å²) in [6.45, 7) is 1.86. The van der Waals surface area contributed by atoms with Crippen molar-refractivity contribution in [3.63, 3.8) is 0 Å². The van der Waals surface area contributed by atoms with Crippen LogP contribution in [0.2, 0.25) is 0 Å². The maximum absolute atomic E-state index is 12.4. The number of hydrogen-bond donors (Lipinski definition) is 1. The maximum Gasteiger partial charge on any atom is 0.293 e. The standard InChI is InChI=1S/C12H15N5O5S/c1-9(6-16-8-13-7-14-16)15-23(20,21)12-4-3-10(22-2)5-11(12)17(18)19/h3-5,7-9,15H,6H2,1-2H3. The molecule has 1 heterocycles. The topological polar surface area (TPSA) is 129 Å². The van der Waals surface area contributed by atoms with Crippen LogP contribution in [-0.2, 0) is 16.6 Å². The minimum Gasteiger partial charge on any atom is -0.497 e. The number of hydrogen-bond acceptors (Lipinski definition) is 7. The monoisotopic (exact) mass is 341 g/mol. The van der Waals surface area contributed by atoms with E-state index in [4.69, 9.17) is 4.74 Å². The third-order valence-corrected chi connectivity index (χ3v) is 4.57. The summed E-state index contributed by atoms with van der Waals surface area (Å²) in [5.74, 6) is 0.200. The molecule has 0 amide bonds. The molecule has 0 aliphatic rings. The molecular weight excluding hydrogens is 326 g/mol. The number of aromatic nitrogens is 3. The number of nitro groups is 1. The minimum absolute atomic E-state index is 0.200. The van der Waals surface area contributed by atoms with Crippen molar-refractivity contribution < 1.29 is 18.1 Å². The normalized spacial score (nSPS) is 12.8. The maximum atomic E-state index is 12.4. The van der Waals surface area contributed by atoms with Gasteiger partial charge in [-0.1, -0.05) is 0 Å². The summed E-state index contributed by atoms with van der Waals surface area (Å²) in [7, 11) is -2.73. The van der Waals surface area contributed by atoms with Gasteiger partial charge >= 0.3 is 0 Å². The van der Waals surface area contributed by atoms with Crippen molar-refractivity contribution >= 4 is 15.7 Å². The van der Waals surface area contributed by atoms with Crippen molar-refractivity contribution in [2.75, 3.05) is 7.11 Å². The molecular formula is C12H15N5O5S. The van der Waals surface area contributed by atoms with Crippen LogP contribution >= 0.6 is 0 Å². The number of nitro benzene ring substituents is 1. The van der Waals surface area contributed by atoms with E-state index < -0.39 is 31.6 Å². The Morgan fingerprint density at radius 3 is 2.78 bits per heavy atom. The predicted octanol–water partition coefficient (Wildman–Crippen LogP) is 0.562. The second-order valence-corrected chi connectivity index (χ2v) is 6.41. The first kappa shape index (κ1) is 16.8. The van der Waals surface area contributed by atoms with Crippen LogP contribution in [0.5, 0.6) is 5.75 Å². The largest absolute Gasteiger partial charge is 0.497 e. The summed E-state index contributed by atoms with van der Waals surface area (Å²) in [4.78, 5) is 13.7. The molecule has 1 atom stereocenters. The Morgan fingerprint density at radius 2 is 2.22 bits per heavy atom. The van der Waals surface area contributed by atoms with E-state index in [1.165, 1.54) is 30.5 Å². The van der Waals surface area contributed by atoms with Crippen molar-refractivity contribution in [2.45, 2.75) is 24.4 Å². The van der Waals surface area contributed by atoms with E-state index in [1.807, 2.05) is 0 Å². The van der Waals surface area contributed by atoms with E-state index in [1.54, 1.807) is 6.92 Å². The molecule has 0 saturated heterocycles. The first-order chi connectivity index (χ1) is 10.8. The van der Waals surface area contributed by atoms with Gasteiger partial charge in [0.2, 0.25) is 10.0 Å². The molecule has 0 aliphatic heterocycles. The van der Waals surface area contributed by atoms with Gasteiger partial charge in [0.05, 0.1) is 24.6 Å². The zero-order chi connectivity index (χ0) is 17.0. The summed E-state index contributed by atoms with van der Waals surface area (Å²) in [5.41, 5.74) is -0.551. The number of rotatable bonds is 7. The lowest BCUT2D eigenvalue weighted by atomic mass is 10.3. The fourth-order valence-electron chi connectivity index (χ4n) is 1.97. The fraction of sp³-hybridized carbons (Fsp3) is 0.333. The Morgan fingerprint density at radius 1 is 1.48 bits per heavy atom. The SMILES string of the molecule is COc1ccc(S(=O)(=O)NC(C)Cn2cncn2)c([N+](=O)[O-])c1. The molecule has 124 valence electrons. The van der Waals surface area contributed by atoms with E-state index in [0.717, 1.165) is 12.1 Å². The quantitative estimate of drug-likeness (QED) is 0.575. The first-order valence-corrected chi connectivity index (χ1v) is 7.99. The molecule has 0 aliphatic carbocycles. The lowest BCUT2D eigenvalue weighted by Crippen LogP contribution is -2.36. The molecule has 0 spiro atoms. The van der Waals surface area contributed by atoms with Crippen molar-refractivity contribution in [1.29, 1.82) is 0 Å². The highest BCUT2D eigenvalue weighted by molar-refractivity contribution is 7.89. The Hall–Kier alpha value is -2.53. The van der Waals surface area contributed by atoms with Crippen LogP contribution in [0, 0.1) is 10.1 Å².